The van der Waals surface area contributed by atoms with Crippen molar-refractivity contribution in [1.29, 1.82) is 0 Å². The van der Waals surface area contributed by atoms with E-state index >= 15 is 0 Å². The van der Waals surface area contributed by atoms with Gasteiger partial charge in [0, 0.05) is 6.61 Å². The van der Waals surface area contributed by atoms with Gasteiger partial charge < -0.3 is 9.84 Å². The van der Waals surface area contributed by atoms with Gasteiger partial charge in [0.1, 0.15) is 11.9 Å². The highest BCUT2D eigenvalue weighted by atomic mass is 16.5. The molecule has 2 heteroatoms. The molecule has 11 heavy (non-hydrogen) atoms. The molecule has 1 N–H and O–H groups in total. The van der Waals surface area contributed by atoms with E-state index in [1.165, 1.54) is 0 Å². The molecule has 0 spiro atoms. The van der Waals surface area contributed by atoms with E-state index in [9.17, 15) is 5.11 Å². The molecule has 0 aliphatic heterocycles. The Kier molecular flexibility index (Phi) is 2.94. The van der Waals surface area contributed by atoms with Crippen LogP contribution in [0.1, 0.15) is 26.7 Å². The molecule has 0 aromatic carbocycles. The summed E-state index contributed by atoms with van der Waals surface area (Å²) in [6, 6.07) is 0. The molecule has 0 amide bonds. The van der Waals surface area contributed by atoms with Gasteiger partial charge in [0.05, 0.1) is 0 Å². The van der Waals surface area contributed by atoms with Crippen LogP contribution in [0.15, 0.2) is 11.8 Å². The van der Waals surface area contributed by atoms with Crippen LogP contribution in [0.25, 0.3) is 0 Å². The molecule has 0 saturated carbocycles. The van der Waals surface area contributed by atoms with Crippen molar-refractivity contribution < 1.29 is 9.84 Å². The third kappa shape index (κ3) is 2.22. The summed E-state index contributed by atoms with van der Waals surface area (Å²) in [5, 5.41) is 9.35. The van der Waals surface area contributed by atoms with Crippen molar-refractivity contribution in [2.24, 2.45) is 5.92 Å². The second-order valence-corrected chi connectivity index (χ2v) is 3.15. The van der Waals surface area contributed by atoms with E-state index in [-0.39, 0.29) is 6.10 Å². The average molecular weight is 156 g/mol. The lowest BCUT2D eigenvalue weighted by Crippen LogP contribution is -2.22. The van der Waals surface area contributed by atoms with Gasteiger partial charge in [-0.2, -0.15) is 0 Å². The van der Waals surface area contributed by atoms with Crippen molar-refractivity contribution in [2.45, 2.75) is 32.8 Å². The van der Waals surface area contributed by atoms with Gasteiger partial charge in [-0.15, -0.1) is 0 Å². The molecule has 0 aromatic heterocycles. The number of hydrogen-bond donors (Lipinski definition) is 1. The summed E-state index contributed by atoms with van der Waals surface area (Å²) in [7, 11) is 0. The standard InChI is InChI=1S/C9H16O2/c1-3-11-9-6-7(2)4-5-8(9)10/h5,7,9-10H,3-4,6H2,1-2H3. The molecule has 0 aromatic rings. The molecule has 0 heterocycles. The van der Waals surface area contributed by atoms with Crippen LogP contribution in [0, 0.1) is 5.92 Å². The molecular formula is C9H16O2. The molecule has 2 nitrogen and oxygen atoms in total. The maximum Gasteiger partial charge on any atom is 0.117 e. The van der Waals surface area contributed by atoms with Gasteiger partial charge in [0.25, 0.3) is 0 Å². The van der Waals surface area contributed by atoms with Gasteiger partial charge >= 0.3 is 0 Å². The highest BCUT2D eigenvalue weighted by Crippen LogP contribution is 2.23. The molecule has 0 radical (unpaired) electrons. The minimum atomic E-state index is -0.0382. The van der Waals surface area contributed by atoms with Crippen LogP contribution in [-0.4, -0.2) is 17.8 Å². The molecule has 1 rings (SSSR count). The molecule has 0 bridgehead atoms. The molecule has 0 fully saturated rings. The van der Waals surface area contributed by atoms with Gasteiger partial charge in [0.2, 0.25) is 0 Å². The van der Waals surface area contributed by atoms with Crippen LogP contribution in [0.5, 0.6) is 0 Å². The Morgan fingerprint density at radius 3 is 3.09 bits per heavy atom. The zero-order valence-corrected chi connectivity index (χ0v) is 7.21. The van der Waals surface area contributed by atoms with E-state index < -0.39 is 0 Å². The Morgan fingerprint density at radius 1 is 1.73 bits per heavy atom. The first kappa shape index (κ1) is 8.60. The lowest BCUT2D eigenvalue weighted by molar-refractivity contribution is 0.0363. The van der Waals surface area contributed by atoms with E-state index in [1.807, 2.05) is 13.0 Å². The van der Waals surface area contributed by atoms with Crippen molar-refractivity contribution in [3.63, 3.8) is 0 Å². The molecule has 1 aliphatic carbocycles. The Labute approximate surface area is 67.9 Å². The molecule has 1 aliphatic rings. The Bertz CT molecular complexity index is 152. The topological polar surface area (TPSA) is 29.5 Å². The van der Waals surface area contributed by atoms with Crippen LogP contribution >= 0.6 is 0 Å². The fourth-order valence-electron chi connectivity index (χ4n) is 1.39. The molecule has 2 unspecified atom stereocenters. The zero-order valence-electron chi connectivity index (χ0n) is 7.21. The number of rotatable bonds is 2. The Hall–Kier alpha value is -0.500. The van der Waals surface area contributed by atoms with Crippen LogP contribution in [0.4, 0.5) is 0 Å². The number of hydrogen-bond acceptors (Lipinski definition) is 2. The third-order valence-corrected chi connectivity index (χ3v) is 2.04. The van der Waals surface area contributed by atoms with Gasteiger partial charge in [-0.3, -0.25) is 0 Å². The van der Waals surface area contributed by atoms with E-state index in [4.69, 9.17) is 4.74 Å². The maximum absolute atomic E-state index is 9.35. The van der Waals surface area contributed by atoms with Crippen molar-refractivity contribution >= 4 is 0 Å². The fourth-order valence-corrected chi connectivity index (χ4v) is 1.39. The van der Waals surface area contributed by atoms with Gasteiger partial charge in [-0.1, -0.05) is 6.92 Å². The molecule has 2 atom stereocenters. The fraction of sp³-hybridized carbons (Fsp3) is 0.778. The lowest BCUT2D eigenvalue weighted by Gasteiger charge is -2.24. The van der Waals surface area contributed by atoms with Crippen LogP contribution in [-0.2, 0) is 4.74 Å². The summed E-state index contributed by atoms with van der Waals surface area (Å²) in [5.74, 6) is 1.06. The average Bonchev–Trinajstić information content (AvgIpc) is 1.98. The summed E-state index contributed by atoms with van der Waals surface area (Å²) in [6.45, 7) is 4.80. The second kappa shape index (κ2) is 3.77. The van der Waals surface area contributed by atoms with Crippen molar-refractivity contribution in [2.75, 3.05) is 6.61 Å². The monoisotopic (exact) mass is 156 g/mol. The second-order valence-electron chi connectivity index (χ2n) is 3.15. The van der Waals surface area contributed by atoms with Crippen molar-refractivity contribution in [3.8, 4) is 0 Å². The van der Waals surface area contributed by atoms with E-state index in [0.717, 1.165) is 12.8 Å². The largest absolute Gasteiger partial charge is 0.510 e. The predicted octanol–water partition coefficient (Wildman–Crippen LogP) is 2.26. The van der Waals surface area contributed by atoms with E-state index in [2.05, 4.69) is 6.92 Å². The van der Waals surface area contributed by atoms with E-state index in [1.54, 1.807) is 0 Å². The SMILES string of the molecule is CCOC1CC(C)CC=C1O. The first-order chi connectivity index (χ1) is 5.24. The number of allylic oxidation sites excluding steroid dienone is 1. The highest BCUT2D eigenvalue weighted by molar-refractivity contribution is 5.03. The Balaban J connectivity index is 2.49. The first-order valence-corrected chi connectivity index (χ1v) is 4.24. The summed E-state index contributed by atoms with van der Waals surface area (Å²) in [5.41, 5.74) is 0. The number of ether oxygens (including phenoxy) is 1. The normalized spacial score (nSPS) is 31.6. The van der Waals surface area contributed by atoms with Crippen LogP contribution < -0.4 is 0 Å². The molecular weight excluding hydrogens is 140 g/mol. The van der Waals surface area contributed by atoms with Crippen molar-refractivity contribution in [3.05, 3.63) is 11.8 Å². The number of aliphatic hydroxyl groups excluding tert-OH is 1. The Morgan fingerprint density at radius 2 is 2.45 bits per heavy atom. The minimum absolute atomic E-state index is 0.0382. The zero-order chi connectivity index (χ0) is 8.27. The highest BCUT2D eigenvalue weighted by Gasteiger charge is 2.21. The van der Waals surface area contributed by atoms with Gasteiger partial charge in [0.15, 0.2) is 0 Å². The molecule has 0 saturated heterocycles. The first-order valence-electron chi connectivity index (χ1n) is 4.24. The predicted molar refractivity (Wildman–Crippen MR) is 44.5 cm³/mol. The smallest absolute Gasteiger partial charge is 0.117 e. The summed E-state index contributed by atoms with van der Waals surface area (Å²) >= 11 is 0. The summed E-state index contributed by atoms with van der Waals surface area (Å²) in [4.78, 5) is 0. The van der Waals surface area contributed by atoms with Gasteiger partial charge in [-0.05, 0) is 31.8 Å². The molecule has 64 valence electrons. The minimum Gasteiger partial charge on any atom is -0.510 e. The third-order valence-electron chi connectivity index (χ3n) is 2.04. The van der Waals surface area contributed by atoms with Gasteiger partial charge in [-0.25, -0.2) is 0 Å². The maximum atomic E-state index is 9.35. The van der Waals surface area contributed by atoms with E-state index in [0.29, 0.717) is 18.3 Å². The van der Waals surface area contributed by atoms with Crippen LogP contribution in [0.3, 0.4) is 0 Å². The number of aliphatic hydroxyl groups is 1. The lowest BCUT2D eigenvalue weighted by atomic mass is 9.93. The quantitative estimate of drug-likeness (QED) is 0.664. The van der Waals surface area contributed by atoms with Crippen molar-refractivity contribution in [1.82, 2.24) is 0 Å². The summed E-state index contributed by atoms with van der Waals surface area (Å²) in [6.07, 6.45) is 3.77. The van der Waals surface area contributed by atoms with Crippen LogP contribution in [0.2, 0.25) is 0 Å². The summed E-state index contributed by atoms with van der Waals surface area (Å²) < 4.78 is 5.35.